The molecule has 0 atom stereocenters. The highest BCUT2D eigenvalue weighted by Gasteiger charge is 2.32. The van der Waals surface area contributed by atoms with Gasteiger partial charge in [-0.2, -0.15) is 0 Å². The molecule has 30 heavy (non-hydrogen) atoms. The molecular weight excluding hydrogens is 388 g/mol. The summed E-state index contributed by atoms with van der Waals surface area (Å²) in [6.07, 6.45) is 1.21. The van der Waals surface area contributed by atoms with Gasteiger partial charge in [0.2, 0.25) is 5.91 Å². The first-order valence-electron chi connectivity index (χ1n) is 10.4. The predicted molar refractivity (Wildman–Crippen MR) is 110 cm³/mol. The van der Waals surface area contributed by atoms with Crippen molar-refractivity contribution in [2.24, 2.45) is 5.92 Å². The van der Waals surface area contributed by atoms with E-state index in [0.29, 0.717) is 63.4 Å². The number of carbonyl (C=O) groups is 2. The molecule has 0 unspecified atom stereocenters. The van der Waals surface area contributed by atoms with Gasteiger partial charge in [-0.1, -0.05) is 18.2 Å². The van der Waals surface area contributed by atoms with Crippen molar-refractivity contribution >= 4 is 17.5 Å². The van der Waals surface area contributed by atoms with Gasteiger partial charge < -0.3 is 14.7 Å². The Bertz CT molecular complexity index is 920. The highest BCUT2D eigenvalue weighted by molar-refractivity contribution is 5.94. The maximum absolute atomic E-state index is 14.0. The number of nitrogens with zero attached hydrogens (tertiary/aromatic N) is 3. The van der Waals surface area contributed by atoms with Crippen LogP contribution in [0.3, 0.4) is 0 Å². The number of benzene rings is 2. The Balaban J connectivity index is 1.29. The quantitative estimate of drug-likeness (QED) is 0.777. The van der Waals surface area contributed by atoms with Crippen LogP contribution in [0.25, 0.3) is 0 Å². The monoisotopic (exact) mass is 413 g/mol. The Morgan fingerprint density at radius 3 is 2.17 bits per heavy atom. The van der Waals surface area contributed by atoms with Gasteiger partial charge in [0, 0.05) is 50.7 Å². The molecule has 0 saturated carbocycles. The molecule has 0 aliphatic carbocycles. The average Bonchev–Trinajstić information content (AvgIpc) is 2.79. The summed E-state index contributed by atoms with van der Waals surface area (Å²) < 4.78 is 27.4. The minimum absolute atomic E-state index is 0.110. The molecule has 5 nitrogen and oxygen atoms in total. The fraction of sp³-hybridized carbons (Fsp3) is 0.391. The topological polar surface area (TPSA) is 43.9 Å². The Labute approximate surface area is 174 Å². The number of amides is 2. The number of piperazine rings is 1. The highest BCUT2D eigenvalue weighted by atomic mass is 19.1. The summed E-state index contributed by atoms with van der Waals surface area (Å²) in [5.41, 5.74) is 0.915. The summed E-state index contributed by atoms with van der Waals surface area (Å²) in [6.45, 7) is 3.31. The van der Waals surface area contributed by atoms with E-state index in [1.807, 2.05) is 15.9 Å². The molecule has 0 bridgehead atoms. The van der Waals surface area contributed by atoms with Crippen LogP contribution >= 0.6 is 0 Å². The summed E-state index contributed by atoms with van der Waals surface area (Å²) in [7, 11) is 0. The van der Waals surface area contributed by atoms with Crippen molar-refractivity contribution in [2.75, 3.05) is 44.2 Å². The number of halogens is 2. The van der Waals surface area contributed by atoms with Crippen LogP contribution < -0.4 is 4.90 Å². The second-order valence-electron chi connectivity index (χ2n) is 7.84. The number of likely N-dealkylation sites (tertiary alicyclic amines) is 1. The molecule has 2 aromatic rings. The largest absolute Gasteiger partial charge is 0.366 e. The number of anilines is 1. The number of hydrogen-bond donors (Lipinski definition) is 0. The van der Waals surface area contributed by atoms with E-state index in [0.717, 1.165) is 0 Å². The summed E-state index contributed by atoms with van der Waals surface area (Å²) in [5, 5.41) is 0. The Morgan fingerprint density at radius 2 is 1.50 bits per heavy atom. The first-order valence-corrected chi connectivity index (χ1v) is 10.4. The van der Waals surface area contributed by atoms with Crippen LogP contribution in [0.2, 0.25) is 0 Å². The molecule has 2 aliphatic heterocycles. The molecular formula is C23H25F2N3O2. The lowest BCUT2D eigenvalue weighted by molar-refractivity contribution is -0.137. The van der Waals surface area contributed by atoms with Crippen molar-refractivity contribution in [3.8, 4) is 0 Å². The van der Waals surface area contributed by atoms with E-state index < -0.39 is 5.82 Å². The molecule has 0 aromatic heterocycles. The van der Waals surface area contributed by atoms with Gasteiger partial charge in [-0.15, -0.1) is 0 Å². The lowest BCUT2D eigenvalue weighted by Gasteiger charge is -2.39. The molecule has 2 amide bonds. The van der Waals surface area contributed by atoms with E-state index >= 15 is 0 Å². The number of para-hydroxylation sites is 1. The van der Waals surface area contributed by atoms with Gasteiger partial charge in [0.25, 0.3) is 5.91 Å². The van der Waals surface area contributed by atoms with Gasteiger partial charge in [0.15, 0.2) is 0 Å². The van der Waals surface area contributed by atoms with Crippen LogP contribution in [0, 0.1) is 17.6 Å². The van der Waals surface area contributed by atoms with E-state index in [4.69, 9.17) is 0 Å². The van der Waals surface area contributed by atoms with Crippen molar-refractivity contribution in [3.63, 3.8) is 0 Å². The highest BCUT2D eigenvalue weighted by Crippen LogP contribution is 2.24. The van der Waals surface area contributed by atoms with Crippen molar-refractivity contribution in [2.45, 2.75) is 12.8 Å². The molecule has 0 radical (unpaired) electrons. The smallest absolute Gasteiger partial charge is 0.253 e. The fourth-order valence-corrected chi connectivity index (χ4v) is 4.27. The van der Waals surface area contributed by atoms with Gasteiger partial charge in [0.1, 0.15) is 11.6 Å². The average molecular weight is 413 g/mol. The van der Waals surface area contributed by atoms with Crippen LogP contribution in [0.5, 0.6) is 0 Å². The molecule has 2 fully saturated rings. The van der Waals surface area contributed by atoms with Crippen LogP contribution in [0.4, 0.5) is 14.5 Å². The minimum Gasteiger partial charge on any atom is -0.366 e. The number of piperidine rings is 1. The zero-order valence-electron chi connectivity index (χ0n) is 16.8. The van der Waals surface area contributed by atoms with Gasteiger partial charge in [-0.05, 0) is 43.2 Å². The fourth-order valence-electron chi connectivity index (χ4n) is 4.27. The molecule has 7 heteroatoms. The van der Waals surface area contributed by atoms with E-state index in [1.165, 1.54) is 24.3 Å². The third-order valence-corrected chi connectivity index (χ3v) is 5.99. The molecule has 2 aliphatic rings. The molecule has 2 aromatic carbocycles. The van der Waals surface area contributed by atoms with Gasteiger partial charge in [-0.3, -0.25) is 9.59 Å². The molecule has 158 valence electrons. The second kappa shape index (κ2) is 8.81. The lowest BCUT2D eigenvalue weighted by Crippen LogP contribution is -2.52. The first kappa shape index (κ1) is 20.3. The maximum atomic E-state index is 14.0. The zero-order chi connectivity index (χ0) is 21.1. The number of rotatable bonds is 3. The number of carbonyl (C=O) groups excluding carboxylic acids is 2. The predicted octanol–water partition coefficient (Wildman–Crippen LogP) is 3.17. The summed E-state index contributed by atoms with van der Waals surface area (Å²) >= 11 is 0. The molecule has 2 saturated heterocycles. The summed E-state index contributed by atoms with van der Waals surface area (Å²) in [6, 6.07) is 12.4. The molecule has 2 heterocycles. The minimum atomic E-state index is -0.430. The van der Waals surface area contributed by atoms with E-state index in [9.17, 15) is 18.4 Å². The third-order valence-electron chi connectivity index (χ3n) is 5.99. The number of hydrogen-bond acceptors (Lipinski definition) is 3. The first-order chi connectivity index (χ1) is 14.5. The van der Waals surface area contributed by atoms with Gasteiger partial charge >= 0.3 is 0 Å². The van der Waals surface area contributed by atoms with Gasteiger partial charge in [0.05, 0.1) is 5.69 Å². The van der Waals surface area contributed by atoms with Crippen molar-refractivity contribution in [1.82, 2.24) is 9.80 Å². The Hall–Kier alpha value is -2.96. The van der Waals surface area contributed by atoms with E-state index in [1.54, 1.807) is 23.1 Å². The van der Waals surface area contributed by atoms with Gasteiger partial charge in [-0.25, -0.2) is 8.78 Å². The van der Waals surface area contributed by atoms with Crippen LogP contribution in [0.1, 0.15) is 23.2 Å². The summed E-state index contributed by atoms with van der Waals surface area (Å²) in [4.78, 5) is 31.0. The Morgan fingerprint density at radius 1 is 0.800 bits per heavy atom. The van der Waals surface area contributed by atoms with Crippen molar-refractivity contribution in [3.05, 3.63) is 65.7 Å². The van der Waals surface area contributed by atoms with Crippen LogP contribution in [-0.2, 0) is 4.79 Å². The van der Waals surface area contributed by atoms with Crippen molar-refractivity contribution < 1.29 is 18.4 Å². The SMILES string of the molecule is O=C(c1cccc(F)c1)N1CCC(C(=O)N2CCN(c3ccccc3F)CC2)CC1. The van der Waals surface area contributed by atoms with Crippen LogP contribution in [-0.4, -0.2) is 60.9 Å². The van der Waals surface area contributed by atoms with Crippen molar-refractivity contribution in [1.29, 1.82) is 0 Å². The zero-order valence-corrected chi connectivity index (χ0v) is 16.8. The Kier molecular flexibility index (Phi) is 5.97. The molecule has 0 spiro atoms. The van der Waals surface area contributed by atoms with Crippen LogP contribution in [0.15, 0.2) is 48.5 Å². The maximum Gasteiger partial charge on any atom is 0.253 e. The second-order valence-corrected chi connectivity index (χ2v) is 7.84. The molecule has 0 N–H and O–H groups in total. The lowest BCUT2D eigenvalue weighted by atomic mass is 9.94. The third kappa shape index (κ3) is 4.30. The van der Waals surface area contributed by atoms with E-state index in [-0.39, 0.29) is 23.5 Å². The summed E-state index contributed by atoms with van der Waals surface area (Å²) in [5.74, 6) is -0.866. The van der Waals surface area contributed by atoms with E-state index in [2.05, 4.69) is 0 Å². The normalized spacial score (nSPS) is 17.9. The standard InChI is InChI=1S/C23H25F2N3O2/c24-19-5-3-4-18(16-19)23(30)27-10-8-17(9-11-27)22(29)28-14-12-26(13-15-28)21-7-2-1-6-20(21)25/h1-7,16-17H,8-15H2. The molecule has 4 rings (SSSR count).